The Morgan fingerprint density at radius 1 is 1.32 bits per heavy atom. The molecule has 0 bridgehead atoms. The average molecular weight is 388 g/mol. The smallest absolute Gasteiger partial charge is 0.256 e. The number of hydrogen-bond donors (Lipinski definition) is 1. The van der Waals surface area contributed by atoms with Crippen molar-refractivity contribution in [3.63, 3.8) is 0 Å². The number of methoxy groups -OCH3 is 1. The summed E-state index contributed by atoms with van der Waals surface area (Å²) >= 11 is 0. The summed E-state index contributed by atoms with van der Waals surface area (Å²) in [5.74, 6) is -0.0137. The second-order valence-electron chi connectivity index (χ2n) is 7.30. The molecule has 1 aromatic carbocycles. The van der Waals surface area contributed by atoms with Gasteiger partial charge in [-0.2, -0.15) is 5.10 Å². The van der Waals surface area contributed by atoms with Crippen LogP contribution in [0.25, 0.3) is 0 Å². The molecule has 1 aliphatic rings. The van der Waals surface area contributed by atoms with Gasteiger partial charge in [-0.15, -0.1) is 0 Å². The number of quaternary nitrogens is 1. The Kier molecular flexibility index (Phi) is 7.19. The van der Waals surface area contributed by atoms with Gasteiger partial charge in [-0.05, 0) is 18.6 Å². The van der Waals surface area contributed by atoms with Crippen molar-refractivity contribution < 1.29 is 19.2 Å². The Morgan fingerprint density at radius 3 is 2.64 bits per heavy atom. The van der Waals surface area contributed by atoms with Gasteiger partial charge in [0.15, 0.2) is 6.10 Å². The monoisotopic (exact) mass is 387 g/mol. The summed E-state index contributed by atoms with van der Waals surface area (Å²) in [7, 11) is 3.51. The maximum Gasteiger partial charge on any atom is 0.256 e. The van der Waals surface area contributed by atoms with Crippen molar-refractivity contribution in [1.82, 2.24) is 14.7 Å². The highest BCUT2D eigenvalue weighted by Crippen LogP contribution is 2.20. The number of carbonyl (C=O) groups excluding carboxylic acids is 1. The van der Waals surface area contributed by atoms with Gasteiger partial charge in [0.1, 0.15) is 13.1 Å². The zero-order valence-electron chi connectivity index (χ0n) is 17.1. The molecule has 1 saturated heterocycles. The van der Waals surface area contributed by atoms with E-state index in [1.54, 1.807) is 7.11 Å². The molecule has 1 aliphatic heterocycles. The van der Waals surface area contributed by atoms with E-state index in [-0.39, 0.29) is 5.91 Å². The Labute approximate surface area is 166 Å². The molecular weight excluding hydrogens is 356 g/mol. The first-order valence-corrected chi connectivity index (χ1v) is 9.86. The van der Waals surface area contributed by atoms with E-state index in [0.29, 0.717) is 13.1 Å². The van der Waals surface area contributed by atoms with Gasteiger partial charge in [-0.25, -0.2) is 0 Å². The highest BCUT2D eigenvalue weighted by molar-refractivity contribution is 5.82. The van der Waals surface area contributed by atoms with Crippen LogP contribution in [0.15, 0.2) is 36.4 Å². The van der Waals surface area contributed by atoms with Crippen LogP contribution >= 0.6 is 0 Å². The van der Waals surface area contributed by atoms with Crippen molar-refractivity contribution >= 4 is 5.91 Å². The second-order valence-corrected chi connectivity index (χ2v) is 7.30. The summed E-state index contributed by atoms with van der Waals surface area (Å²) in [6, 6.07) is 11.7. The van der Waals surface area contributed by atoms with Gasteiger partial charge in [0, 0.05) is 14.2 Å². The molecule has 1 N–H and O–H groups in total. The van der Waals surface area contributed by atoms with E-state index in [1.165, 1.54) is 4.90 Å². The summed E-state index contributed by atoms with van der Waals surface area (Å²) < 4.78 is 12.9. The van der Waals surface area contributed by atoms with Crippen molar-refractivity contribution in [3.8, 4) is 0 Å². The average Bonchev–Trinajstić information content (AvgIpc) is 3.04. The van der Waals surface area contributed by atoms with E-state index >= 15 is 0 Å². The number of ether oxygens (including phenoxy) is 2. The number of amides is 1. The largest absolute Gasteiger partial charge is 0.370 e. The summed E-state index contributed by atoms with van der Waals surface area (Å²) in [6.45, 7) is 7.60. The third-order valence-electron chi connectivity index (χ3n) is 5.26. The highest BCUT2D eigenvalue weighted by Gasteiger charge is 2.28. The molecule has 1 aromatic heterocycles. The first kappa shape index (κ1) is 20.5. The minimum absolute atomic E-state index is 0.0137. The van der Waals surface area contributed by atoms with E-state index in [9.17, 15) is 4.79 Å². The lowest BCUT2D eigenvalue weighted by Gasteiger charge is -2.30. The molecule has 7 heteroatoms. The van der Waals surface area contributed by atoms with Gasteiger partial charge in [0.2, 0.25) is 0 Å². The fraction of sp³-hybridized carbons (Fsp3) is 0.524. The van der Waals surface area contributed by atoms with Crippen LogP contribution in [0.5, 0.6) is 0 Å². The van der Waals surface area contributed by atoms with Gasteiger partial charge >= 0.3 is 0 Å². The van der Waals surface area contributed by atoms with Crippen molar-refractivity contribution in [2.75, 3.05) is 46.5 Å². The number of carbonyl (C=O) groups is 1. The lowest BCUT2D eigenvalue weighted by atomic mass is 10.1. The quantitative estimate of drug-likeness (QED) is 0.711. The third kappa shape index (κ3) is 5.19. The van der Waals surface area contributed by atoms with Crippen LogP contribution in [-0.4, -0.2) is 67.1 Å². The number of morpholine rings is 1. The number of rotatable bonds is 8. The number of nitrogens with zero attached hydrogens (tertiary/aromatic N) is 3. The molecule has 0 spiro atoms. The number of hydrogen-bond acceptors (Lipinski definition) is 4. The predicted octanol–water partition coefficient (Wildman–Crippen LogP) is 0.360. The molecule has 152 valence electrons. The molecule has 2 aromatic rings. The van der Waals surface area contributed by atoms with Gasteiger partial charge in [0.25, 0.3) is 5.91 Å². The van der Waals surface area contributed by atoms with Crippen LogP contribution in [0, 0.1) is 6.92 Å². The molecule has 1 fully saturated rings. The molecule has 0 unspecified atom stereocenters. The summed E-state index contributed by atoms with van der Waals surface area (Å²) in [5, 5.41) is 4.42. The SMILES string of the molecule is CO[C@@H](C(=O)N(CC[NH+]1CCOCC1)Cc1cc(C)nn1C)c1ccccc1. The first-order valence-electron chi connectivity index (χ1n) is 9.86. The number of benzene rings is 1. The first-order chi connectivity index (χ1) is 13.6. The minimum atomic E-state index is -0.602. The molecule has 0 saturated carbocycles. The molecule has 28 heavy (non-hydrogen) atoms. The van der Waals surface area contributed by atoms with Gasteiger partial charge in [0.05, 0.1) is 44.2 Å². The molecular formula is C21H31N4O3+. The van der Waals surface area contributed by atoms with E-state index in [2.05, 4.69) is 5.10 Å². The van der Waals surface area contributed by atoms with Gasteiger partial charge in [-0.3, -0.25) is 9.48 Å². The molecule has 7 nitrogen and oxygen atoms in total. The lowest BCUT2D eigenvalue weighted by Crippen LogP contribution is -3.14. The van der Waals surface area contributed by atoms with Gasteiger partial charge < -0.3 is 19.3 Å². The summed E-state index contributed by atoms with van der Waals surface area (Å²) in [5.41, 5.74) is 2.85. The summed E-state index contributed by atoms with van der Waals surface area (Å²) in [6.07, 6.45) is -0.602. The third-order valence-corrected chi connectivity index (χ3v) is 5.26. The standard InChI is InChI=1S/C21H30N4O3/c1-17-15-19(23(2)22-17)16-25(10-9-24-11-13-28-14-12-24)21(26)20(27-3)18-7-5-4-6-8-18/h4-8,15,20H,9-14,16H2,1-3H3/p+1/t20-/m1/s1. The predicted molar refractivity (Wildman–Crippen MR) is 106 cm³/mol. The zero-order valence-corrected chi connectivity index (χ0v) is 17.1. The van der Waals surface area contributed by atoms with Crippen molar-refractivity contribution in [1.29, 1.82) is 0 Å². The zero-order chi connectivity index (χ0) is 19.9. The van der Waals surface area contributed by atoms with Crippen LogP contribution < -0.4 is 4.90 Å². The van der Waals surface area contributed by atoms with E-state index in [4.69, 9.17) is 9.47 Å². The number of aryl methyl sites for hydroxylation is 2. The normalized spacial score (nSPS) is 16.1. The lowest BCUT2D eigenvalue weighted by molar-refractivity contribution is -0.907. The summed E-state index contributed by atoms with van der Waals surface area (Å²) in [4.78, 5) is 16.8. The van der Waals surface area contributed by atoms with Crippen LogP contribution in [0.1, 0.15) is 23.1 Å². The van der Waals surface area contributed by atoms with Crippen LogP contribution in [0.4, 0.5) is 0 Å². The maximum absolute atomic E-state index is 13.4. The topological polar surface area (TPSA) is 61.0 Å². The number of aromatic nitrogens is 2. The fourth-order valence-corrected chi connectivity index (χ4v) is 3.65. The van der Waals surface area contributed by atoms with E-state index in [1.807, 2.05) is 60.0 Å². The Bertz CT molecular complexity index is 756. The molecule has 3 rings (SSSR count). The van der Waals surface area contributed by atoms with Crippen molar-refractivity contribution in [2.24, 2.45) is 7.05 Å². The maximum atomic E-state index is 13.4. The Balaban J connectivity index is 1.76. The Hall–Kier alpha value is -2.22. The highest BCUT2D eigenvalue weighted by atomic mass is 16.5. The van der Waals surface area contributed by atoms with E-state index < -0.39 is 6.10 Å². The molecule has 2 heterocycles. The molecule has 1 amide bonds. The van der Waals surface area contributed by atoms with E-state index in [0.717, 1.165) is 49.8 Å². The molecule has 1 atom stereocenters. The van der Waals surface area contributed by atoms with Crippen molar-refractivity contribution in [2.45, 2.75) is 19.6 Å². The second kappa shape index (κ2) is 9.82. The molecule has 0 radical (unpaired) electrons. The fourth-order valence-electron chi connectivity index (χ4n) is 3.65. The van der Waals surface area contributed by atoms with Crippen LogP contribution in [0.3, 0.4) is 0 Å². The van der Waals surface area contributed by atoms with Crippen molar-refractivity contribution in [3.05, 3.63) is 53.3 Å². The van der Waals surface area contributed by atoms with Crippen LogP contribution in [0.2, 0.25) is 0 Å². The Morgan fingerprint density at radius 2 is 2.04 bits per heavy atom. The minimum Gasteiger partial charge on any atom is -0.370 e. The number of nitrogens with one attached hydrogen (secondary N) is 1. The van der Waals surface area contributed by atoms with Crippen LogP contribution in [-0.2, 0) is 27.9 Å². The van der Waals surface area contributed by atoms with Gasteiger partial charge in [-0.1, -0.05) is 30.3 Å². The molecule has 0 aliphatic carbocycles.